The number of hydrogen-bond donors (Lipinski definition) is 1. The van der Waals surface area contributed by atoms with Gasteiger partial charge in [0.15, 0.2) is 0 Å². The molecule has 50 heavy (non-hydrogen) atoms. The van der Waals surface area contributed by atoms with Crippen LogP contribution in [0, 0.1) is 0 Å². The Labute approximate surface area is 320 Å². The van der Waals surface area contributed by atoms with Crippen molar-refractivity contribution >= 4 is 0 Å². The van der Waals surface area contributed by atoms with Gasteiger partial charge in [-0.25, -0.2) is 0 Å². The first-order chi connectivity index (χ1) is 24.9. The lowest BCUT2D eigenvalue weighted by atomic mass is 10.0. The maximum absolute atomic E-state index is 3.43. The van der Waals surface area contributed by atoms with E-state index in [-0.39, 0.29) is 0 Å². The van der Waals surface area contributed by atoms with Gasteiger partial charge in [-0.05, 0) is 19.5 Å². The highest BCUT2D eigenvalue weighted by Crippen LogP contribution is 2.18. The molecule has 0 aromatic rings. The molecule has 1 heteroatoms. The van der Waals surface area contributed by atoms with Crippen molar-refractivity contribution in [3.63, 3.8) is 0 Å². The number of rotatable bonds is 47. The molecule has 0 aliphatic rings. The van der Waals surface area contributed by atoms with Gasteiger partial charge in [0.1, 0.15) is 0 Å². The summed E-state index contributed by atoms with van der Waals surface area (Å²) < 4.78 is 0. The maximum atomic E-state index is 3.43. The van der Waals surface area contributed by atoms with Crippen LogP contribution in [0.25, 0.3) is 0 Å². The van der Waals surface area contributed by atoms with Gasteiger partial charge in [0, 0.05) is 0 Å². The van der Waals surface area contributed by atoms with Gasteiger partial charge in [0.2, 0.25) is 0 Å². The molecule has 0 atom stereocenters. The van der Waals surface area contributed by atoms with Crippen molar-refractivity contribution in [2.45, 2.75) is 303 Å². The van der Waals surface area contributed by atoms with Crippen molar-refractivity contribution in [1.29, 1.82) is 0 Å². The van der Waals surface area contributed by atoms with Gasteiger partial charge in [-0.3, -0.25) is 0 Å². The van der Waals surface area contributed by atoms with Crippen LogP contribution in [0.15, 0.2) is 0 Å². The van der Waals surface area contributed by atoms with E-state index >= 15 is 0 Å². The van der Waals surface area contributed by atoms with E-state index in [1.54, 1.807) is 0 Å². The molecule has 0 rings (SSSR count). The molecule has 1 nitrogen and oxygen atoms in total. The fraction of sp³-hybridized carbons (Fsp3) is 1.00. The molecule has 0 radical (unpaired) electrons. The van der Waals surface area contributed by atoms with Gasteiger partial charge in [-0.15, -0.1) is 0 Å². The second kappa shape index (κ2) is 49.0. The highest BCUT2D eigenvalue weighted by molar-refractivity contribution is 4.54. The minimum atomic E-state index is 1.12. The van der Waals surface area contributed by atoms with Crippen LogP contribution in [0.2, 0.25) is 0 Å². The van der Waals surface area contributed by atoms with E-state index in [0.29, 0.717) is 0 Å². The molecule has 0 aliphatic carbocycles. The number of nitrogens with one attached hydrogen (secondary N) is 1. The molecular weight excluding hydrogens is 603 g/mol. The second-order valence-electron chi connectivity index (χ2n) is 16.9. The summed E-state index contributed by atoms with van der Waals surface area (Å²) in [4.78, 5) is 0. The molecule has 0 aromatic heterocycles. The Hall–Kier alpha value is -0.0400. The SMILES string of the molecule is CCCCCCCCCCCCCCCCCCCCCCCCCCCCCCCCCCCCCCCCCCCCCCCNCC. The van der Waals surface area contributed by atoms with E-state index in [0.717, 1.165) is 6.54 Å². The quantitative estimate of drug-likeness (QED) is 0.0622. The normalized spacial score (nSPS) is 11.6. The van der Waals surface area contributed by atoms with Gasteiger partial charge < -0.3 is 5.32 Å². The summed E-state index contributed by atoms with van der Waals surface area (Å²) in [6.45, 7) is 6.86. The average molecular weight is 704 g/mol. The molecule has 0 bridgehead atoms. The van der Waals surface area contributed by atoms with Crippen molar-refractivity contribution in [3.8, 4) is 0 Å². The van der Waals surface area contributed by atoms with Crippen molar-refractivity contribution in [2.24, 2.45) is 0 Å². The van der Waals surface area contributed by atoms with Crippen LogP contribution in [-0.4, -0.2) is 13.1 Å². The zero-order valence-electron chi connectivity index (χ0n) is 35.7. The topological polar surface area (TPSA) is 12.0 Å². The summed E-state index contributed by atoms with van der Waals surface area (Å²) >= 11 is 0. The Balaban J connectivity index is 3.04. The molecule has 0 aliphatic heterocycles. The lowest BCUT2D eigenvalue weighted by Gasteiger charge is -2.05. The fourth-order valence-electron chi connectivity index (χ4n) is 8.10. The minimum Gasteiger partial charge on any atom is -0.317 e. The highest BCUT2D eigenvalue weighted by atomic mass is 14.8. The molecule has 0 fully saturated rings. The predicted molar refractivity (Wildman–Crippen MR) is 232 cm³/mol. The van der Waals surface area contributed by atoms with E-state index in [2.05, 4.69) is 19.2 Å². The van der Waals surface area contributed by atoms with Gasteiger partial charge in [0.05, 0.1) is 0 Å². The summed E-state index contributed by atoms with van der Waals surface area (Å²) in [5.41, 5.74) is 0. The minimum absolute atomic E-state index is 1.12. The highest BCUT2D eigenvalue weighted by Gasteiger charge is 1.98. The van der Waals surface area contributed by atoms with Crippen molar-refractivity contribution < 1.29 is 0 Å². The molecule has 0 aromatic carbocycles. The van der Waals surface area contributed by atoms with Crippen LogP contribution in [-0.2, 0) is 0 Å². The van der Waals surface area contributed by atoms with Gasteiger partial charge >= 0.3 is 0 Å². The van der Waals surface area contributed by atoms with E-state index in [9.17, 15) is 0 Å². The third-order valence-corrected chi connectivity index (χ3v) is 11.7. The molecule has 0 heterocycles. The lowest BCUT2D eigenvalue weighted by molar-refractivity contribution is 0.508. The van der Waals surface area contributed by atoms with Crippen molar-refractivity contribution in [1.82, 2.24) is 5.32 Å². The smallest absolute Gasteiger partial charge is 0.00490 e. The molecule has 0 amide bonds. The Morgan fingerprint density at radius 2 is 0.320 bits per heavy atom. The first-order valence-electron chi connectivity index (χ1n) is 24.6. The second-order valence-corrected chi connectivity index (χ2v) is 16.9. The number of hydrogen-bond acceptors (Lipinski definition) is 1. The number of unbranched alkanes of at least 4 members (excludes halogenated alkanes) is 44. The first kappa shape index (κ1) is 50.0. The van der Waals surface area contributed by atoms with Crippen LogP contribution < -0.4 is 5.32 Å². The van der Waals surface area contributed by atoms with Crippen molar-refractivity contribution in [3.05, 3.63) is 0 Å². The van der Waals surface area contributed by atoms with Crippen LogP contribution in [0.1, 0.15) is 303 Å². The Morgan fingerprint density at radius 3 is 0.460 bits per heavy atom. The average Bonchev–Trinajstić information content (AvgIpc) is 3.13. The van der Waals surface area contributed by atoms with E-state index in [4.69, 9.17) is 0 Å². The summed E-state index contributed by atoms with van der Waals surface area (Å²) in [6, 6.07) is 0. The molecule has 302 valence electrons. The van der Waals surface area contributed by atoms with Gasteiger partial charge in [0.25, 0.3) is 0 Å². The van der Waals surface area contributed by atoms with Crippen molar-refractivity contribution in [2.75, 3.05) is 13.1 Å². The standard InChI is InChI=1S/C49H101N/c1-3-5-6-7-8-9-10-11-12-13-14-15-16-17-18-19-20-21-22-23-24-25-26-27-28-29-30-31-32-33-34-35-36-37-38-39-40-41-42-43-44-45-46-47-48-49-50-4-2/h50H,3-49H2,1-2H3. The largest absolute Gasteiger partial charge is 0.317 e. The van der Waals surface area contributed by atoms with Crippen LogP contribution in [0.5, 0.6) is 0 Å². The van der Waals surface area contributed by atoms with Gasteiger partial charge in [-0.2, -0.15) is 0 Å². The zero-order valence-corrected chi connectivity index (χ0v) is 35.7. The summed E-state index contributed by atoms with van der Waals surface area (Å²) in [5, 5.41) is 3.43. The molecule has 0 spiro atoms. The lowest BCUT2D eigenvalue weighted by Crippen LogP contribution is -2.13. The molecular formula is C49H101N. The predicted octanol–water partition coefficient (Wildman–Crippen LogP) is 18.2. The fourth-order valence-corrected chi connectivity index (χ4v) is 8.10. The summed E-state index contributed by atoms with van der Waals surface area (Å²) in [5.74, 6) is 0. The van der Waals surface area contributed by atoms with E-state index < -0.39 is 0 Å². The Kier molecular flexibility index (Phi) is 48.9. The molecule has 0 saturated heterocycles. The monoisotopic (exact) mass is 704 g/mol. The van der Waals surface area contributed by atoms with Crippen LogP contribution >= 0.6 is 0 Å². The van der Waals surface area contributed by atoms with Crippen LogP contribution in [0.4, 0.5) is 0 Å². The Morgan fingerprint density at radius 1 is 0.180 bits per heavy atom. The zero-order chi connectivity index (χ0) is 35.9. The maximum Gasteiger partial charge on any atom is -0.00490 e. The summed E-state index contributed by atoms with van der Waals surface area (Å²) in [6.07, 6.45) is 66.7. The summed E-state index contributed by atoms with van der Waals surface area (Å²) in [7, 11) is 0. The van der Waals surface area contributed by atoms with E-state index in [1.165, 1.54) is 295 Å². The Bertz CT molecular complexity index is 495. The van der Waals surface area contributed by atoms with Gasteiger partial charge in [-0.1, -0.05) is 296 Å². The molecule has 0 saturated carbocycles. The molecule has 0 unspecified atom stereocenters. The molecule has 1 N–H and O–H groups in total. The third-order valence-electron chi connectivity index (χ3n) is 11.7. The van der Waals surface area contributed by atoms with E-state index in [1.807, 2.05) is 0 Å². The third kappa shape index (κ3) is 48.0. The van der Waals surface area contributed by atoms with Crippen LogP contribution in [0.3, 0.4) is 0 Å². The first-order valence-corrected chi connectivity index (χ1v) is 24.6.